The Morgan fingerprint density at radius 3 is 2.80 bits per heavy atom. The first kappa shape index (κ1) is 9.98. The number of oxazole rings is 1. The number of rotatable bonds is 2. The predicted molar refractivity (Wildman–Crippen MR) is 58.5 cm³/mol. The van der Waals surface area contributed by atoms with Crippen LogP contribution in [0.15, 0.2) is 22.6 Å². The van der Waals surface area contributed by atoms with Gasteiger partial charge >= 0.3 is 0 Å². The van der Waals surface area contributed by atoms with Gasteiger partial charge in [0.05, 0.1) is 17.7 Å². The van der Waals surface area contributed by atoms with E-state index < -0.39 is 5.41 Å². The maximum absolute atomic E-state index is 9.21. The van der Waals surface area contributed by atoms with E-state index in [4.69, 9.17) is 10.2 Å². The zero-order chi connectivity index (χ0) is 11.1. The fraction of sp³-hybridized carbons (Fsp3) is 0.364. The van der Waals surface area contributed by atoms with Gasteiger partial charge in [0.1, 0.15) is 5.52 Å². The summed E-state index contributed by atoms with van der Waals surface area (Å²) < 4.78 is 5.55. The molecule has 2 rings (SSSR count). The summed E-state index contributed by atoms with van der Waals surface area (Å²) in [5.41, 5.74) is 7.20. The lowest BCUT2D eigenvalue weighted by molar-refractivity contribution is 0.194. The number of benzene rings is 1. The van der Waals surface area contributed by atoms with Crippen molar-refractivity contribution in [2.75, 3.05) is 12.3 Å². The Balaban J connectivity index is 2.62. The minimum atomic E-state index is -0.481. The standard InChI is InChI=1S/C11H14N2O2/c1-11(2,6-14)10-13-9-7(12)4-3-5-8(9)15-10/h3-5,14H,6,12H2,1-2H3. The van der Waals surface area contributed by atoms with Gasteiger partial charge < -0.3 is 15.3 Å². The normalized spacial score (nSPS) is 12.2. The van der Waals surface area contributed by atoms with Crippen molar-refractivity contribution in [2.24, 2.45) is 0 Å². The number of aliphatic hydroxyl groups excluding tert-OH is 1. The number of nitrogens with two attached hydrogens (primary N) is 1. The van der Waals surface area contributed by atoms with Gasteiger partial charge in [0.25, 0.3) is 0 Å². The molecule has 15 heavy (non-hydrogen) atoms. The Kier molecular flexibility index (Phi) is 2.16. The van der Waals surface area contributed by atoms with Crippen LogP contribution in [0.25, 0.3) is 11.1 Å². The second kappa shape index (κ2) is 3.24. The van der Waals surface area contributed by atoms with Crippen LogP contribution in [0.4, 0.5) is 5.69 Å². The van der Waals surface area contributed by atoms with Crippen molar-refractivity contribution in [3.05, 3.63) is 24.1 Å². The van der Waals surface area contributed by atoms with Crippen LogP contribution in [-0.4, -0.2) is 16.7 Å². The van der Waals surface area contributed by atoms with Crippen molar-refractivity contribution >= 4 is 16.8 Å². The second-order valence-corrected chi connectivity index (χ2v) is 4.25. The third kappa shape index (κ3) is 1.57. The van der Waals surface area contributed by atoms with Crippen molar-refractivity contribution in [2.45, 2.75) is 19.3 Å². The molecule has 0 radical (unpaired) electrons. The van der Waals surface area contributed by atoms with E-state index in [2.05, 4.69) is 4.98 Å². The molecule has 0 unspecified atom stereocenters. The molecule has 1 aromatic carbocycles. The lowest BCUT2D eigenvalue weighted by atomic mass is 9.95. The summed E-state index contributed by atoms with van der Waals surface area (Å²) in [7, 11) is 0. The van der Waals surface area contributed by atoms with E-state index >= 15 is 0 Å². The van der Waals surface area contributed by atoms with E-state index in [1.807, 2.05) is 26.0 Å². The van der Waals surface area contributed by atoms with Crippen LogP contribution in [0.3, 0.4) is 0 Å². The highest BCUT2D eigenvalue weighted by molar-refractivity contribution is 5.85. The van der Waals surface area contributed by atoms with Crippen molar-refractivity contribution in [3.63, 3.8) is 0 Å². The molecule has 0 saturated carbocycles. The molecular formula is C11H14N2O2. The molecule has 80 valence electrons. The quantitative estimate of drug-likeness (QED) is 0.733. The Hall–Kier alpha value is -1.55. The van der Waals surface area contributed by atoms with Gasteiger partial charge in [0, 0.05) is 0 Å². The topological polar surface area (TPSA) is 72.3 Å². The van der Waals surface area contributed by atoms with Crippen LogP contribution in [-0.2, 0) is 5.41 Å². The molecule has 2 aromatic rings. The molecule has 1 heterocycles. The highest BCUT2D eigenvalue weighted by atomic mass is 16.4. The third-order valence-corrected chi connectivity index (χ3v) is 2.42. The van der Waals surface area contributed by atoms with Gasteiger partial charge in [-0.1, -0.05) is 6.07 Å². The van der Waals surface area contributed by atoms with Gasteiger partial charge in [-0.15, -0.1) is 0 Å². The molecule has 0 atom stereocenters. The number of hydrogen-bond acceptors (Lipinski definition) is 4. The monoisotopic (exact) mass is 206 g/mol. The molecule has 0 bridgehead atoms. The largest absolute Gasteiger partial charge is 0.440 e. The summed E-state index contributed by atoms with van der Waals surface area (Å²) >= 11 is 0. The summed E-state index contributed by atoms with van der Waals surface area (Å²) in [6.07, 6.45) is 0. The van der Waals surface area contributed by atoms with Crippen LogP contribution >= 0.6 is 0 Å². The number of para-hydroxylation sites is 1. The Labute approximate surface area is 87.7 Å². The predicted octanol–water partition coefficient (Wildman–Crippen LogP) is 1.68. The second-order valence-electron chi connectivity index (χ2n) is 4.25. The maximum atomic E-state index is 9.21. The van der Waals surface area contributed by atoms with Gasteiger partial charge in [-0.05, 0) is 26.0 Å². The minimum Gasteiger partial charge on any atom is -0.440 e. The van der Waals surface area contributed by atoms with E-state index in [1.165, 1.54) is 0 Å². The fourth-order valence-corrected chi connectivity index (χ4v) is 1.33. The van der Waals surface area contributed by atoms with Crippen molar-refractivity contribution in [1.29, 1.82) is 0 Å². The van der Waals surface area contributed by atoms with E-state index in [0.717, 1.165) is 0 Å². The lowest BCUT2D eigenvalue weighted by Crippen LogP contribution is -2.22. The molecule has 3 N–H and O–H groups in total. The molecule has 0 saturated heterocycles. The van der Waals surface area contributed by atoms with E-state index in [9.17, 15) is 5.11 Å². The summed E-state index contributed by atoms with van der Waals surface area (Å²) in [4.78, 5) is 4.30. The molecule has 0 amide bonds. The van der Waals surface area contributed by atoms with Crippen molar-refractivity contribution in [1.82, 2.24) is 4.98 Å². The first-order valence-electron chi connectivity index (χ1n) is 4.81. The Morgan fingerprint density at radius 2 is 2.20 bits per heavy atom. The Bertz CT molecular complexity index is 488. The number of nitrogens with zero attached hydrogens (tertiary/aromatic N) is 1. The third-order valence-electron chi connectivity index (χ3n) is 2.42. The highest BCUT2D eigenvalue weighted by Gasteiger charge is 2.26. The van der Waals surface area contributed by atoms with Gasteiger partial charge in [-0.3, -0.25) is 0 Å². The molecule has 0 aliphatic carbocycles. The number of anilines is 1. The lowest BCUT2D eigenvalue weighted by Gasteiger charge is -2.15. The van der Waals surface area contributed by atoms with Crippen molar-refractivity contribution < 1.29 is 9.52 Å². The first-order chi connectivity index (χ1) is 7.04. The molecule has 4 nitrogen and oxygen atoms in total. The SMILES string of the molecule is CC(C)(CO)c1nc2c(N)cccc2o1. The summed E-state index contributed by atoms with van der Waals surface area (Å²) in [6, 6.07) is 5.41. The van der Waals surface area contributed by atoms with Crippen LogP contribution in [0.1, 0.15) is 19.7 Å². The van der Waals surface area contributed by atoms with Crippen LogP contribution in [0, 0.1) is 0 Å². The first-order valence-corrected chi connectivity index (χ1v) is 4.81. The molecule has 0 aliphatic heterocycles. The fourth-order valence-electron chi connectivity index (χ4n) is 1.33. The summed E-state index contributed by atoms with van der Waals surface area (Å²) in [5, 5.41) is 9.21. The van der Waals surface area contributed by atoms with E-state index in [-0.39, 0.29) is 6.61 Å². The Morgan fingerprint density at radius 1 is 1.47 bits per heavy atom. The molecule has 0 spiro atoms. The summed E-state index contributed by atoms with van der Waals surface area (Å²) in [6.45, 7) is 3.72. The number of aromatic nitrogens is 1. The average Bonchev–Trinajstić information content (AvgIpc) is 2.64. The zero-order valence-corrected chi connectivity index (χ0v) is 8.82. The molecule has 4 heteroatoms. The molecule has 0 fully saturated rings. The van der Waals surface area contributed by atoms with Crippen LogP contribution in [0.5, 0.6) is 0 Å². The number of nitrogen functional groups attached to an aromatic ring is 1. The van der Waals surface area contributed by atoms with Crippen LogP contribution in [0.2, 0.25) is 0 Å². The van der Waals surface area contributed by atoms with Crippen molar-refractivity contribution in [3.8, 4) is 0 Å². The zero-order valence-electron chi connectivity index (χ0n) is 8.82. The number of fused-ring (bicyclic) bond motifs is 1. The van der Waals surface area contributed by atoms with Gasteiger partial charge in [0.15, 0.2) is 5.58 Å². The maximum Gasteiger partial charge on any atom is 0.203 e. The average molecular weight is 206 g/mol. The van der Waals surface area contributed by atoms with Gasteiger partial charge in [0.2, 0.25) is 5.89 Å². The summed E-state index contributed by atoms with van der Waals surface area (Å²) in [5.74, 6) is 0.512. The minimum absolute atomic E-state index is 0.0142. The van der Waals surface area contributed by atoms with E-state index in [0.29, 0.717) is 22.7 Å². The number of hydrogen-bond donors (Lipinski definition) is 2. The molecule has 0 aliphatic rings. The van der Waals surface area contributed by atoms with Gasteiger partial charge in [-0.25, -0.2) is 4.98 Å². The molecule has 1 aromatic heterocycles. The molecular weight excluding hydrogens is 192 g/mol. The van der Waals surface area contributed by atoms with Crippen LogP contribution < -0.4 is 5.73 Å². The van der Waals surface area contributed by atoms with E-state index in [1.54, 1.807) is 6.07 Å². The highest BCUT2D eigenvalue weighted by Crippen LogP contribution is 2.28. The smallest absolute Gasteiger partial charge is 0.203 e. The van der Waals surface area contributed by atoms with Gasteiger partial charge in [-0.2, -0.15) is 0 Å². The number of aliphatic hydroxyl groups is 1.